The summed E-state index contributed by atoms with van der Waals surface area (Å²) in [5.74, 6) is 0.385. The second-order valence-corrected chi connectivity index (χ2v) is 4.52. The van der Waals surface area contributed by atoms with Gasteiger partial charge in [0.25, 0.3) is 0 Å². The first-order valence-corrected chi connectivity index (χ1v) is 5.73. The maximum absolute atomic E-state index is 11.7. The first-order valence-electron chi connectivity index (χ1n) is 5.35. The van der Waals surface area contributed by atoms with Crippen LogP contribution in [0.1, 0.15) is 13.8 Å². The van der Waals surface area contributed by atoms with Crippen LogP contribution in [0.4, 0.5) is 5.69 Å². The van der Waals surface area contributed by atoms with Gasteiger partial charge in [-0.15, -0.1) is 12.4 Å². The van der Waals surface area contributed by atoms with Crippen molar-refractivity contribution in [2.45, 2.75) is 19.9 Å². The third-order valence-electron chi connectivity index (χ3n) is 2.44. The van der Waals surface area contributed by atoms with Crippen LogP contribution in [0, 0.1) is 5.92 Å². The van der Waals surface area contributed by atoms with E-state index in [1.165, 1.54) is 7.11 Å². The fourth-order valence-corrected chi connectivity index (χ4v) is 1.46. The van der Waals surface area contributed by atoms with E-state index in [1.54, 1.807) is 18.2 Å². The van der Waals surface area contributed by atoms with Crippen molar-refractivity contribution in [2.75, 3.05) is 12.4 Å². The number of hydrogen-bond donors (Lipinski definition) is 2. The third-order valence-corrected chi connectivity index (χ3v) is 2.75. The Labute approximate surface area is 118 Å². The van der Waals surface area contributed by atoms with E-state index in [0.29, 0.717) is 16.5 Å². The lowest BCUT2D eigenvalue weighted by atomic mass is 10.0. The zero-order valence-electron chi connectivity index (χ0n) is 10.6. The molecule has 0 aromatic heterocycles. The van der Waals surface area contributed by atoms with Crippen molar-refractivity contribution in [1.29, 1.82) is 0 Å². The fourth-order valence-electron chi connectivity index (χ4n) is 1.27. The van der Waals surface area contributed by atoms with E-state index in [9.17, 15) is 4.79 Å². The van der Waals surface area contributed by atoms with Crippen LogP contribution in [0.15, 0.2) is 18.2 Å². The van der Waals surface area contributed by atoms with E-state index in [2.05, 4.69) is 5.32 Å². The molecule has 0 unspecified atom stereocenters. The van der Waals surface area contributed by atoms with Gasteiger partial charge in [-0.2, -0.15) is 0 Å². The number of anilines is 1. The van der Waals surface area contributed by atoms with Crippen LogP contribution in [0.3, 0.4) is 0 Å². The van der Waals surface area contributed by atoms with Gasteiger partial charge in [0.15, 0.2) is 0 Å². The highest BCUT2D eigenvalue weighted by molar-refractivity contribution is 6.32. The van der Waals surface area contributed by atoms with Crippen molar-refractivity contribution >= 4 is 35.6 Å². The van der Waals surface area contributed by atoms with Crippen molar-refractivity contribution in [1.82, 2.24) is 0 Å². The Kier molecular flexibility index (Phi) is 7.06. The van der Waals surface area contributed by atoms with Crippen molar-refractivity contribution in [2.24, 2.45) is 11.7 Å². The molecular formula is C12H18Cl2N2O2. The standard InChI is InChI=1S/C12H17ClN2O2.ClH/c1-7(2)11(14)12(16)15-8-4-5-9(13)10(6-8)17-3;/h4-7,11H,14H2,1-3H3,(H,15,16);1H/t11-;/m1./s1. The lowest BCUT2D eigenvalue weighted by Gasteiger charge is -2.15. The molecule has 102 valence electrons. The van der Waals surface area contributed by atoms with Gasteiger partial charge in [-0.25, -0.2) is 0 Å². The largest absolute Gasteiger partial charge is 0.495 e. The Morgan fingerprint density at radius 2 is 2.06 bits per heavy atom. The first-order chi connectivity index (χ1) is 7.95. The molecule has 0 aliphatic carbocycles. The van der Waals surface area contributed by atoms with E-state index in [-0.39, 0.29) is 24.2 Å². The summed E-state index contributed by atoms with van der Waals surface area (Å²) in [5, 5.41) is 3.22. The molecule has 6 heteroatoms. The Bertz CT molecular complexity index is 411. The number of carbonyl (C=O) groups excluding carboxylic acids is 1. The summed E-state index contributed by atoms with van der Waals surface area (Å²) in [4.78, 5) is 11.7. The van der Waals surface area contributed by atoms with Gasteiger partial charge in [-0.05, 0) is 18.1 Å². The Morgan fingerprint density at radius 1 is 1.44 bits per heavy atom. The number of halogens is 2. The van der Waals surface area contributed by atoms with E-state index >= 15 is 0 Å². The van der Waals surface area contributed by atoms with E-state index in [4.69, 9.17) is 22.1 Å². The Hall–Kier alpha value is -0.970. The number of benzene rings is 1. The highest BCUT2D eigenvalue weighted by Gasteiger charge is 2.17. The topological polar surface area (TPSA) is 64.3 Å². The summed E-state index contributed by atoms with van der Waals surface area (Å²) < 4.78 is 5.06. The number of ether oxygens (including phenoxy) is 1. The molecule has 1 aromatic rings. The number of nitrogens with one attached hydrogen (secondary N) is 1. The lowest BCUT2D eigenvalue weighted by Crippen LogP contribution is -2.39. The molecule has 0 fully saturated rings. The number of hydrogen-bond acceptors (Lipinski definition) is 3. The normalized spacial score (nSPS) is 11.7. The van der Waals surface area contributed by atoms with Crippen LogP contribution < -0.4 is 15.8 Å². The number of amides is 1. The zero-order chi connectivity index (χ0) is 13.0. The molecule has 0 aliphatic rings. The molecular weight excluding hydrogens is 275 g/mol. The average molecular weight is 293 g/mol. The molecule has 1 amide bonds. The van der Waals surface area contributed by atoms with Crippen molar-refractivity contribution in [3.05, 3.63) is 23.2 Å². The molecule has 0 spiro atoms. The van der Waals surface area contributed by atoms with Gasteiger partial charge < -0.3 is 15.8 Å². The molecule has 0 bridgehead atoms. The summed E-state index contributed by atoms with van der Waals surface area (Å²) in [6.45, 7) is 3.79. The molecule has 0 radical (unpaired) electrons. The second kappa shape index (κ2) is 7.46. The van der Waals surface area contributed by atoms with Gasteiger partial charge >= 0.3 is 0 Å². The van der Waals surface area contributed by atoms with Gasteiger partial charge in [0, 0.05) is 11.8 Å². The third kappa shape index (κ3) is 4.37. The molecule has 0 heterocycles. The van der Waals surface area contributed by atoms with Gasteiger partial charge in [-0.3, -0.25) is 4.79 Å². The molecule has 3 N–H and O–H groups in total. The Balaban J connectivity index is 0.00000289. The molecule has 0 saturated carbocycles. The van der Waals surface area contributed by atoms with Crippen LogP contribution in [0.25, 0.3) is 0 Å². The lowest BCUT2D eigenvalue weighted by molar-refractivity contribution is -0.118. The SMILES string of the molecule is COc1cc(NC(=O)[C@H](N)C(C)C)ccc1Cl.Cl. The van der Waals surface area contributed by atoms with Crippen LogP contribution in [0.5, 0.6) is 5.75 Å². The smallest absolute Gasteiger partial charge is 0.241 e. The van der Waals surface area contributed by atoms with Gasteiger partial charge in [0.1, 0.15) is 5.75 Å². The van der Waals surface area contributed by atoms with Gasteiger partial charge in [0.05, 0.1) is 18.2 Å². The first kappa shape index (κ1) is 17.0. The quantitative estimate of drug-likeness (QED) is 0.897. The average Bonchev–Trinajstić information content (AvgIpc) is 2.30. The van der Waals surface area contributed by atoms with Crippen molar-refractivity contribution in [3.8, 4) is 5.75 Å². The van der Waals surface area contributed by atoms with E-state index in [1.807, 2.05) is 13.8 Å². The molecule has 1 rings (SSSR count). The van der Waals surface area contributed by atoms with Gasteiger partial charge in [0.2, 0.25) is 5.91 Å². The Morgan fingerprint density at radius 3 is 2.56 bits per heavy atom. The summed E-state index contributed by atoms with van der Waals surface area (Å²) in [6.07, 6.45) is 0. The minimum Gasteiger partial charge on any atom is -0.495 e. The van der Waals surface area contributed by atoms with Crippen molar-refractivity contribution < 1.29 is 9.53 Å². The van der Waals surface area contributed by atoms with Crippen molar-refractivity contribution in [3.63, 3.8) is 0 Å². The molecule has 4 nitrogen and oxygen atoms in total. The summed E-state index contributed by atoms with van der Waals surface area (Å²) in [5.41, 5.74) is 6.36. The summed E-state index contributed by atoms with van der Waals surface area (Å²) in [7, 11) is 1.52. The summed E-state index contributed by atoms with van der Waals surface area (Å²) in [6, 6.07) is 4.50. The maximum atomic E-state index is 11.7. The van der Waals surface area contributed by atoms with Crippen LogP contribution in [0.2, 0.25) is 5.02 Å². The minimum atomic E-state index is -0.531. The highest BCUT2D eigenvalue weighted by atomic mass is 35.5. The highest BCUT2D eigenvalue weighted by Crippen LogP contribution is 2.27. The minimum absolute atomic E-state index is 0. The predicted octanol–water partition coefficient (Wildman–Crippen LogP) is 2.69. The van der Waals surface area contributed by atoms with Gasteiger partial charge in [-0.1, -0.05) is 25.4 Å². The number of rotatable bonds is 4. The maximum Gasteiger partial charge on any atom is 0.241 e. The molecule has 0 saturated heterocycles. The van der Waals surface area contributed by atoms with Crippen LogP contribution in [-0.2, 0) is 4.79 Å². The number of methoxy groups -OCH3 is 1. The molecule has 18 heavy (non-hydrogen) atoms. The monoisotopic (exact) mass is 292 g/mol. The second-order valence-electron chi connectivity index (χ2n) is 4.11. The predicted molar refractivity (Wildman–Crippen MR) is 76.7 cm³/mol. The molecule has 1 atom stereocenters. The van der Waals surface area contributed by atoms with Crippen LogP contribution in [-0.4, -0.2) is 19.1 Å². The fraction of sp³-hybridized carbons (Fsp3) is 0.417. The van der Waals surface area contributed by atoms with E-state index < -0.39 is 6.04 Å². The summed E-state index contributed by atoms with van der Waals surface area (Å²) >= 11 is 5.88. The molecule has 1 aromatic carbocycles. The zero-order valence-corrected chi connectivity index (χ0v) is 12.1. The number of nitrogens with two attached hydrogens (primary N) is 1. The molecule has 0 aliphatic heterocycles. The van der Waals surface area contributed by atoms with E-state index in [0.717, 1.165) is 0 Å². The number of carbonyl (C=O) groups is 1. The van der Waals surface area contributed by atoms with Crippen LogP contribution >= 0.6 is 24.0 Å².